The van der Waals surface area contributed by atoms with Crippen molar-refractivity contribution in [1.29, 1.82) is 0 Å². The molecule has 0 bridgehead atoms. The van der Waals surface area contributed by atoms with Gasteiger partial charge < -0.3 is 4.90 Å². The third-order valence-corrected chi connectivity index (χ3v) is 2.87. The first kappa shape index (κ1) is 11.3. The van der Waals surface area contributed by atoms with Crippen molar-refractivity contribution in [2.45, 2.75) is 12.6 Å². The summed E-state index contributed by atoms with van der Waals surface area (Å²) in [7, 11) is 0. The van der Waals surface area contributed by atoms with Crippen LogP contribution in [-0.4, -0.2) is 44.7 Å². The van der Waals surface area contributed by atoms with Crippen LogP contribution in [0.3, 0.4) is 0 Å². The molecule has 9 heteroatoms. The van der Waals surface area contributed by atoms with Gasteiger partial charge in [-0.1, -0.05) is 0 Å². The van der Waals surface area contributed by atoms with E-state index in [9.17, 15) is 19.2 Å². The molecule has 0 aromatic carbocycles. The van der Waals surface area contributed by atoms with Crippen LogP contribution in [0.5, 0.6) is 0 Å². The van der Waals surface area contributed by atoms with E-state index in [1.54, 1.807) is 0 Å². The maximum Gasteiger partial charge on any atom is 0.328 e. The molecule has 0 unspecified atom stereocenters. The lowest BCUT2D eigenvalue weighted by molar-refractivity contribution is -0.136. The lowest BCUT2D eigenvalue weighted by atomic mass is 10.2. The Labute approximate surface area is 106 Å². The first-order chi connectivity index (χ1) is 9.08. The molecule has 0 spiro atoms. The summed E-state index contributed by atoms with van der Waals surface area (Å²) in [5.74, 6) is -2.20. The summed E-state index contributed by atoms with van der Waals surface area (Å²) in [6.07, 6.45) is 2.66. The molecule has 19 heavy (non-hydrogen) atoms. The zero-order chi connectivity index (χ0) is 13.6. The highest BCUT2D eigenvalue weighted by atomic mass is 16.2. The molecular weight excluding hydrogens is 254 g/mol. The number of barbiturate groups is 1. The fourth-order valence-corrected chi connectivity index (χ4v) is 2.06. The van der Waals surface area contributed by atoms with Crippen LogP contribution < -0.4 is 10.6 Å². The Hall–Kier alpha value is -2.84. The van der Waals surface area contributed by atoms with Crippen molar-refractivity contribution in [3.63, 3.8) is 0 Å². The third-order valence-electron chi connectivity index (χ3n) is 2.87. The number of nitrogens with one attached hydrogen (secondary N) is 2. The lowest BCUT2D eigenvalue weighted by Crippen LogP contribution is -2.64. The number of aromatic nitrogens is 2. The molecule has 1 fully saturated rings. The molecule has 3 heterocycles. The second-order valence-corrected chi connectivity index (χ2v) is 4.04. The van der Waals surface area contributed by atoms with Gasteiger partial charge in [0.05, 0.1) is 6.54 Å². The van der Waals surface area contributed by atoms with E-state index in [2.05, 4.69) is 9.97 Å². The van der Waals surface area contributed by atoms with E-state index in [1.807, 2.05) is 10.6 Å². The molecular formula is C10H7N5O4. The van der Waals surface area contributed by atoms with Crippen LogP contribution in [0, 0.1) is 0 Å². The predicted octanol–water partition coefficient (Wildman–Crippen LogP) is -1.83. The van der Waals surface area contributed by atoms with Gasteiger partial charge >= 0.3 is 6.03 Å². The van der Waals surface area contributed by atoms with E-state index in [0.717, 1.165) is 4.90 Å². The Bertz CT molecular complexity index is 608. The van der Waals surface area contributed by atoms with Gasteiger partial charge in [0, 0.05) is 11.8 Å². The molecule has 2 aliphatic rings. The molecule has 1 saturated heterocycles. The minimum atomic E-state index is -1.38. The largest absolute Gasteiger partial charge is 0.328 e. The molecule has 1 aromatic heterocycles. The number of amides is 5. The quantitative estimate of drug-likeness (QED) is 0.573. The van der Waals surface area contributed by atoms with Gasteiger partial charge in [-0.15, -0.1) is 0 Å². The van der Waals surface area contributed by atoms with Crippen molar-refractivity contribution in [2.75, 3.05) is 0 Å². The summed E-state index contributed by atoms with van der Waals surface area (Å²) in [5, 5.41) is 3.89. The Morgan fingerprint density at radius 3 is 2.47 bits per heavy atom. The van der Waals surface area contributed by atoms with Gasteiger partial charge in [0.15, 0.2) is 6.04 Å². The average Bonchev–Trinajstić information content (AvgIpc) is 2.66. The normalized spacial score (nSPS) is 19.3. The van der Waals surface area contributed by atoms with Gasteiger partial charge in [-0.2, -0.15) is 0 Å². The van der Waals surface area contributed by atoms with Crippen molar-refractivity contribution in [3.8, 4) is 0 Å². The topological polar surface area (TPSA) is 121 Å². The molecule has 0 radical (unpaired) electrons. The lowest BCUT2D eigenvalue weighted by Gasteiger charge is -2.28. The van der Waals surface area contributed by atoms with Gasteiger partial charge in [0.25, 0.3) is 17.7 Å². The molecule has 3 rings (SSSR count). The predicted molar refractivity (Wildman–Crippen MR) is 57.4 cm³/mol. The average molecular weight is 261 g/mol. The summed E-state index contributed by atoms with van der Waals surface area (Å²) < 4.78 is 0. The first-order valence-electron chi connectivity index (χ1n) is 5.33. The summed E-state index contributed by atoms with van der Waals surface area (Å²) >= 11 is 0. The number of carbonyl (C=O) groups is 4. The van der Waals surface area contributed by atoms with Gasteiger partial charge in [-0.05, 0) is 0 Å². The van der Waals surface area contributed by atoms with Crippen molar-refractivity contribution in [3.05, 3.63) is 23.8 Å². The van der Waals surface area contributed by atoms with E-state index in [-0.39, 0.29) is 12.2 Å². The zero-order valence-electron chi connectivity index (χ0n) is 9.41. The van der Waals surface area contributed by atoms with Gasteiger partial charge in [-0.3, -0.25) is 25.0 Å². The molecule has 0 saturated carbocycles. The van der Waals surface area contributed by atoms with Crippen LogP contribution in [0.1, 0.15) is 16.1 Å². The first-order valence-corrected chi connectivity index (χ1v) is 5.33. The van der Waals surface area contributed by atoms with Crippen molar-refractivity contribution >= 4 is 23.8 Å². The Morgan fingerprint density at radius 1 is 1.16 bits per heavy atom. The summed E-state index contributed by atoms with van der Waals surface area (Å²) in [5.41, 5.74) is 0.692. The molecule has 2 N–H and O–H groups in total. The Kier molecular flexibility index (Phi) is 2.27. The highest BCUT2D eigenvalue weighted by Crippen LogP contribution is 2.22. The number of rotatable bonds is 1. The number of carbonyl (C=O) groups excluding carboxylic acids is 4. The Morgan fingerprint density at radius 2 is 1.84 bits per heavy atom. The Balaban J connectivity index is 1.93. The molecule has 96 valence electrons. The highest BCUT2D eigenvalue weighted by Gasteiger charge is 2.44. The van der Waals surface area contributed by atoms with Crippen molar-refractivity contribution in [1.82, 2.24) is 25.5 Å². The number of hydrogen-bond acceptors (Lipinski definition) is 6. The maximum absolute atomic E-state index is 12.1. The summed E-state index contributed by atoms with van der Waals surface area (Å²) in [6, 6.07) is -2.27. The van der Waals surface area contributed by atoms with Gasteiger partial charge in [-0.25, -0.2) is 14.8 Å². The standard InChI is InChI=1S/C10H7N5O4/c16-7-6(8(17)14-10(19)13-7)15-2-4-1-11-3-12-5(4)9(15)18/h1,3,6H,2H2,(H2,13,14,16,17,19). The van der Waals surface area contributed by atoms with E-state index in [1.165, 1.54) is 12.5 Å². The summed E-state index contributed by atoms with van der Waals surface area (Å²) in [4.78, 5) is 55.0. The second-order valence-electron chi connectivity index (χ2n) is 4.04. The molecule has 2 aliphatic heterocycles. The SMILES string of the molecule is O=C1NC(=O)C(N2Cc3cncnc3C2=O)C(=O)N1. The zero-order valence-corrected chi connectivity index (χ0v) is 9.41. The maximum atomic E-state index is 12.1. The second kappa shape index (κ2) is 3.83. The number of fused-ring (bicyclic) bond motifs is 1. The smallest absolute Gasteiger partial charge is 0.312 e. The van der Waals surface area contributed by atoms with E-state index in [0.29, 0.717) is 5.56 Å². The molecule has 0 aliphatic carbocycles. The molecule has 5 amide bonds. The fourth-order valence-electron chi connectivity index (χ4n) is 2.06. The van der Waals surface area contributed by atoms with Crippen LogP contribution in [0.4, 0.5) is 4.79 Å². The van der Waals surface area contributed by atoms with E-state index in [4.69, 9.17) is 0 Å². The number of imide groups is 2. The molecule has 0 atom stereocenters. The van der Waals surface area contributed by atoms with Crippen LogP contribution in [0.25, 0.3) is 0 Å². The van der Waals surface area contributed by atoms with Crippen LogP contribution in [-0.2, 0) is 16.1 Å². The van der Waals surface area contributed by atoms with Crippen molar-refractivity contribution < 1.29 is 19.2 Å². The number of hydrogen-bond donors (Lipinski definition) is 2. The molecule has 9 nitrogen and oxygen atoms in total. The monoisotopic (exact) mass is 261 g/mol. The van der Waals surface area contributed by atoms with Crippen LogP contribution in [0.2, 0.25) is 0 Å². The fraction of sp³-hybridized carbons (Fsp3) is 0.200. The van der Waals surface area contributed by atoms with Crippen molar-refractivity contribution in [2.24, 2.45) is 0 Å². The number of nitrogens with zero attached hydrogens (tertiary/aromatic N) is 3. The van der Waals surface area contributed by atoms with Crippen LogP contribution >= 0.6 is 0 Å². The van der Waals surface area contributed by atoms with Gasteiger partial charge in [0.2, 0.25) is 0 Å². The number of urea groups is 1. The minimum Gasteiger partial charge on any atom is -0.312 e. The van der Waals surface area contributed by atoms with Crippen LogP contribution in [0.15, 0.2) is 12.5 Å². The van der Waals surface area contributed by atoms with Gasteiger partial charge in [0.1, 0.15) is 12.0 Å². The summed E-state index contributed by atoms with van der Waals surface area (Å²) in [6.45, 7) is 0.0503. The van der Waals surface area contributed by atoms with E-state index >= 15 is 0 Å². The minimum absolute atomic E-state index is 0.0503. The van der Waals surface area contributed by atoms with E-state index < -0.39 is 29.8 Å². The highest BCUT2D eigenvalue weighted by molar-refractivity contribution is 6.20. The molecule has 1 aromatic rings. The third kappa shape index (κ3) is 1.63.